The second-order valence-corrected chi connectivity index (χ2v) is 7.57. The van der Waals surface area contributed by atoms with Gasteiger partial charge in [-0.3, -0.25) is 4.98 Å². The molecule has 2 aliphatic heterocycles. The summed E-state index contributed by atoms with van der Waals surface area (Å²) in [6.07, 6.45) is 6.66. The van der Waals surface area contributed by atoms with Gasteiger partial charge in [0.15, 0.2) is 0 Å². The summed E-state index contributed by atoms with van der Waals surface area (Å²) in [5.74, 6) is 3.15. The van der Waals surface area contributed by atoms with Crippen LogP contribution < -0.4 is 5.32 Å². The normalized spacial score (nSPS) is 26.7. The molecule has 0 saturated carbocycles. The number of thioether (sulfide) groups is 1. The molecule has 4 heteroatoms. The predicted octanol–water partition coefficient (Wildman–Crippen LogP) is 3.34. The highest BCUT2D eigenvalue weighted by Gasteiger charge is 2.41. The Morgan fingerprint density at radius 2 is 2.24 bits per heavy atom. The van der Waals surface area contributed by atoms with Crippen molar-refractivity contribution in [1.82, 2.24) is 10.3 Å². The molecule has 2 unspecified atom stereocenters. The first-order chi connectivity index (χ1) is 10.2. The van der Waals surface area contributed by atoms with Crippen LogP contribution in [0, 0.1) is 12.8 Å². The molecule has 1 aromatic rings. The molecule has 0 bridgehead atoms. The van der Waals surface area contributed by atoms with Gasteiger partial charge in [-0.25, -0.2) is 0 Å². The number of rotatable bonds is 3. The molecule has 116 valence electrons. The summed E-state index contributed by atoms with van der Waals surface area (Å²) in [6.45, 7) is 3.03. The van der Waals surface area contributed by atoms with Crippen molar-refractivity contribution in [2.75, 3.05) is 25.2 Å². The van der Waals surface area contributed by atoms with Crippen LogP contribution in [0.15, 0.2) is 18.3 Å². The lowest BCUT2D eigenvalue weighted by Gasteiger charge is -2.45. The molecule has 21 heavy (non-hydrogen) atoms. The van der Waals surface area contributed by atoms with Crippen molar-refractivity contribution < 1.29 is 4.74 Å². The summed E-state index contributed by atoms with van der Waals surface area (Å²) < 4.78 is 6.24. The SMILES string of the molecule is CNC(c1cccnc1C)C1CCOC2(CCSCC2)C1. The fraction of sp³-hybridized carbons (Fsp3) is 0.706. The van der Waals surface area contributed by atoms with E-state index in [4.69, 9.17) is 4.74 Å². The average Bonchev–Trinajstić information content (AvgIpc) is 2.51. The van der Waals surface area contributed by atoms with E-state index < -0.39 is 0 Å². The van der Waals surface area contributed by atoms with Gasteiger partial charge in [0.25, 0.3) is 0 Å². The Kier molecular flexibility index (Phi) is 4.87. The van der Waals surface area contributed by atoms with E-state index in [-0.39, 0.29) is 5.60 Å². The maximum Gasteiger partial charge on any atom is 0.0701 e. The summed E-state index contributed by atoms with van der Waals surface area (Å²) in [4.78, 5) is 4.47. The Bertz CT molecular complexity index is 468. The van der Waals surface area contributed by atoms with Crippen LogP contribution in [-0.4, -0.2) is 35.7 Å². The van der Waals surface area contributed by atoms with Gasteiger partial charge in [0.2, 0.25) is 0 Å². The van der Waals surface area contributed by atoms with Crippen LogP contribution in [0.3, 0.4) is 0 Å². The van der Waals surface area contributed by atoms with E-state index in [1.807, 2.05) is 6.20 Å². The summed E-state index contributed by atoms with van der Waals surface area (Å²) in [6, 6.07) is 4.68. The summed E-state index contributed by atoms with van der Waals surface area (Å²) in [7, 11) is 2.08. The van der Waals surface area contributed by atoms with Gasteiger partial charge in [-0.2, -0.15) is 11.8 Å². The standard InChI is InChI=1S/C17H26N2OS/c1-13-15(4-3-8-19-13)16(18-2)14-5-9-20-17(12-14)6-10-21-11-7-17/h3-4,8,14,16,18H,5-7,9-12H2,1-2H3. The first kappa shape index (κ1) is 15.3. The molecule has 2 atom stereocenters. The van der Waals surface area contributed by atoms with Crippen molar-refractivity contribution in [2.24, 2.45) is 5.92 Å². The molecule has 0 aliphatic carbocycles. The monoisotopic (exact) mass is 306 g/mol. The van der Waals surface area contributed by atoms with Gasteiger partial charge in [-0.1, -0.05) is 6.07 Å². The zero-order chi connectivity index (χ0) is 14.7. The van der Waals surface area contributed by atoms with E-state index in [9.17, 15) is 0 Å². The largest absolute Gasteiger partial charge is 0.375 e. The number of hydrogen-bond acceptors (Lipinski definition) is 4. The fourth-order valence-electron chi connectivity index (χ4n) is 3.91. The molecule has 2 saturated heterocycles. The Balaban J connectivity index is 1.79. The molecule has 0 radical (unpaired) electrons. The molecule has 1 N–H and O–H groups in total. The number of aryl methyl sites for hydroxylation is 1. The van der Waals surface area contributed by atoms with E-state index in [1.54, 1.807) is 0 Å². The zero-order valence-corrected chi connectivity index (χ0v) is 13.9. The van der Waals surface area contributed by atoms with E-state index in [0.29, 0.717) is 12.0 Å². The van der Waals surface area contributed by atoms with Gasteiger partial charge in [-0.05, 0) is 68.7 Å². The van der Waals surface area contributed by atoms with E-state index in [2.05, 4.69) is 48.2 Å². The molecule has 1 aromatic heterocycles. The second kappa shape index (κ2) is 6.67. The first-order valence-corrected chi connectivity index (χ1v) is 9.20. The van der Waals surface area contributed by atoms with Crippen molar-refractivity contribution in [1.29, 1.82) is 0 Å². The average molecular weight is 306 g/mol. The first-order valence-electron chi connectivity index (χ1n) is 8.05. The van der Waals surface area contributed by atoms with Crippen LogP contribution in [0.5, 0.6) is 0 Å². The Morgan fingerprint density at radius 3 is 2.95 bits per heavy atom. The lowest BCUT2D eigenvalue weighted by molar-refractivity contribution is -0.107. The predicted molar refractivity (Wildman–Crippen MR) is 88.7 cm³/mol. The highest BCUT2D eigenvalue weighted by molar-refractivity contribution is 7.99. The van der Waals surface area contributed by atoms with Gasteiger partial charge in [-0.15, -0.1) is 0 Å². The third-order valence-corrected chi connectivity index (χ3v) is 6.09. The van der Waals surface area contributed by atoms with Crippen LogP contribution in [0.4, 0.5) is 0 Å². The fourth-order valence-corrected chi connectivity index (χ4v) is 5.15. The summed E-state index contributed by atoms with van der Waals surface area (Å²) in [5.41, 5.74) is 2.66. The Hall–Kier alpha value is -0.580. The van der Waals surface area contributed by atoms with Crippen LogP contribution in [0.25, 0.3) is 0 Å². The number of hydrogen-bond donors (Lipinski definition) is 1. The van der Waals surface area contributed by atoms with Gasteiger partial charge in [0, 0.05) is 24.5 Å². The van der Waals surface area contributed by atoms with Crippen molar-refractivity contribution in [2.45, 2.75) is 44.2 Å². The maximum atomic E-state index is 6.24. The quantitative estimate of drug-likeness (QED) is 0.929. The van der Waals surface area contributed by atoms with E-state index in [0.717, 1.165) is 18.7 Å². The lowest BCUT2D eigenvalue weighted by Crippen LogP contribution is -2.45. The van der Waals surface area contributed by atoms with Gasteiger partial charge in [0.05, 0.1) is 5.60 Å². The van der Waals surface area contributed by atoms with Gasteiger partial charge >= 0.3 is 0 Å². The Morgan fingerprint density at radius 1 is 1.43 bits per heavy atom. The zero-order valence-electron chi connectivity index (χ0n) is 13.1. The van der Waals surface area contributed by atoms with Crippen LogP contribution in [0.2, 0.25) is 0 Å². The lowest BCUT2D eigenvalue weighted by atomic mass is 9.76. The van der Waals surface area contributed by atoms with E-state index >= 15 is 0 Å². The van der Waals surface area contributed by atoms with Crippen LogP contribution in [0.1, 0.15) is 43.0 Å². The number of nitrogens with one attached hydrogen (secondary N) is 1. The third kappa shape index (κ3) is 3.27. The number of aromatic nitrogens is 1. The van der Waals surface area contributed by atoms with Crippen molar-refractivity contribution in [3.63, 3.8) is 0 Å². The van der Waals surface area contributed by atoms with E-state index in [1.165, 1.54) is 36.3 Å². The minimum absolute atomic E-state index is 0.152. The maximum absolute atomic E-state index is 6.24. The number of pyridine rings is 1. The molecular weight excluding hydrogens is 280 g/mol. The number of nitrogens with zero attached hydrogens (tertiary/aromatic N) is 1. The minimum Gasteiger partial charge on any atom is -0.375 e. The van der Waals surface area contributed by atoms with Crippen LogP contribution in [-0.2, 0) is 4.74 Å². The molecule has 0 aromatic carbocycles. The second-order valence-electron chi connectivity index (χ2n) is 6.34. The summed E-state index contributed by atoms with van der Waals surface area (Å²) >= 11 is 2.07. The molecular formula is C17H26N2OS. The third-order valence-electron chi connectivity index (χ3n) is 5.10. The molecule has 3 nitrogen and oxygen atoms in total. The molecule has 3 heterocycles. The topological polar surface area (TPSA) is 34.2 Å². The highest BCUT2D eigenvalue weighted by Crippen LogP contribution is 2.43. The van der Waals surface area contributed by atoms with Gasteiger partial charge < -0.3 is 10.1 Å². The minimum atomic E-state index is 0.152. The van der Waals surface area contributed by atoms with Crippen molar-refractivity contribution in [3.8, 4) is 0 Å². The van der Waals surface area contributed by atoms with Crippen molar-refractivity contribution in [3.05, 3.63) is 29.6 Å². The molecule has 2 fully saturated rings. The highest BCUT2D eigenvalue weighted by atomic mass is 32.2. The van der Waals surface area contributed by atoms with Gasteiger partial charge in [0.1, 0.15) is 0 Å². The number of ether oxygens (including phenoxy) is 1. The summed E-state index contributed by atoms with van der Waals surface area (Å²) in [5, 5.41) is 3.55. The smallest absolute Gasteiger partial charge is 0.0701 e. The molecule has 0 amide bonds. The Labute approximate surface area is 132 Å². The van der Waals surface area contributed by atoms with Crippen molar-refractivity contribution >= 4 is 11.8 Å². The van der Waals surface area contributed by atoms with Crippen LogP contribution >= 0.6 is 11.8 Å². The molecule has 3 rings (SSSR count). The molecule has 1 spiro atoms. The molecule has 2 aliphatic rings.